The van der Waals surface area contributed by atoms with Gasteiger partial charge in [0.1, 0.15) is 0 Å². The molecule has 1 aromatic heterocycles. The molecule has 1 unspecified atom stereocenters. The Hall–Kier alpha value is -0.380. The lowest BCUT2D eigenvalue weighted by Crippen LogP contribution is -2.30. The largest absolute Gasteiger partial charge is 0.330 e. The zero-order valence-corrected chi connectivity index (χ0v) is 10.7. The van der Waals surface area contributed by atoms with Gasteiger partial charge in [0, 0.05) is 10.9 Å². The minimum absolute atomic E-state index is 0.572. The molecule has 1 aromatic rings. The van der Waals surface area contributed by atoms with E-state index in [2.05, 4.69) is 22.4 Å². The zero-order chi connectivity index (χ0) is 11.2. The third kappa shape index (κ3) is 3.06. The Kier molecular flexibility index (Phi) is 4.82. The van der Waals surface area contributed by atoms with Gasteiger partial charge in [-0.05, 0) is 50.3 Å². The zero-order valence-electron chi connectivity index (χ0n) is 9.90. The summed E-state index contributed by atoms with van der Waals surface area (Å²) in [4.78, 5) is 4.14. The SMILES string of the molecule is NCCC(c1cccs1)N1CCCCCC1. The Morgan fingerprint density at radius 3 is 2.56 bits per heavy atom. The summed E-state index contributed by atoms with van der Waals surface area (Å²) in [7, 11) is 0. The van der Waals surface area contributed by atoms with Crippen LogP contribution >= 0.6 is 11.3 Å². The van der Waals surface area contributed by atoms with Crippen LogP contribution in [0.1, 0.15) is 43.0 Å². The fraction of sp³-hybridized carbons (Fsp3) is 0.692. The van der Waals surface area contributed by atoms with Crippen molar-refractivity contribution in [2.24, 2.45) is 5.73 Å². The summed E-state index contributed by atoms with van der Waals surface area (Å²) in [6.07, 6.45) is 6.60. The van der Waals surface area contributed by atoms with Gasteiger partial charge in [-0.15, -0.1) is 11.3 Å². The molecule has 1 atom stereocenters. The molecule has 1 saturated heterocycles. The highest BCUT2D eigenvalue weighted by atomic mass is 32.1. The molecule has 2 rings (SSSR count). The van der Waals surface area contributed by atoms with Crippen molar-refractivity contribution < 1.29 is 0 Å². The van der Waals surface area contributed by atoms with E-state index in [1.807, 2.05) is 11.3 Å². The Bertz CT molecular complexity index is 276. The number of likely N-dealkylation sites (tertiary alicyclic amines) is 1. The highest BCUT2D eigenvalue weighted by Crippen LogP contribution is 2.29. The van der Waals surface area contributed by atoms with E-state index in [1.165, 1.54) is 43.6 Å². The quantitative estimate of drug-likeness (QED) is 0.873. The van der Waals surface area contributed by atoms with Crippen LogP contribution in [0.15, 0.2) is 17.5 Å². The fourth-order valence-corrected chi connectivity index (χ4v) is 3.45. The summed E-state index contributed by atoms with van der Waals surface area (Å²) in [6, 6.07) is 4.99. The molecule has 1 aliphatic rings. The maximum absolute atomic E-state index is 5.76. The van der Waals surface area contributed by atoms with Crippen molar-refractivity contribution in [1.29, 1.82) is 0 Å². The van der Waals surface area contributed by atoms with E-state index >= 15 is 0 Å². The van der Waals surface area contributed by atoms with Crippen LogP contribution in [0.2, 0.25) is 0 Å². The molecule has 0 spiro atoms. The Morgan fingerprint density at radius 2 is 2.00 bits per heavy atom. The molecule has 2 nitrogen and oxygen atoms in total. The summed E-state index contributed by atoms with van der Waals surface area (Å²) >= 11 is 1.87. The number of hydrogen-bond donors (Lipinski definition) is 1. The first-order valence-electron chi connectivity index (χ1n) is 6.39. The molecule has 0 aromatic carbocycles. The smallest absolute Gasteiger partial charge is 0.0453 e. The summed E-state index contributed by atoms with van der Waals surface area (Å²) in [5, 5.41) is 2.18. The van der Waals surface area contributed by atoms with Gasteiger partial charge < -0.3 is 5.73 Å². The van der Waals surface area contributed by atoms with Crippen molar-refractivity contribution in [3.63, 3.8) is 0 Å². The molecule has 16 heavy (non-hydrogen) atoms. The molecule has 1 aliphatic heterocycles. The van der Waals surface area contributed by atoms with Crippen molar-refractivity contribution in [3.05, 3.63) is 22.4 Å². The third-order valence-electron chi connectivity index (χ3n) is 3.39. The van der Waals surface area contributed by atoms with Crippen molar-refractivity contribution >= 4 is 11.3 Å². The number of nitrogens with two attached hydrogens (primary N) is 1. The van der Waals surface area contributed by atoms with Crippen LogP contribution < -0.4 is 5.73 Å². The third-order valence-corrected chi connectivity index (χ3v) is 4.37. The molecule has 90 valence electrons. The van der Waals surface area contributed by atoms with Gasteiger partial charge in [0.15, 0.2) is 0 Å². The molecule has 0 bridgehead atoms. The van der Waals surface area contributed by atoms with Gasteiger partial charge in [-0.3, -0.25) is 4.90 Å². The molecule has 0 radical (unpaired) electrons. The second-order valence-corrected chi connectivity index (χ2v) is 5.54. The second kappa shape index (κ2) is 6.38. The van der Waals surface area contributed by atoms with Crippen LogP contribution in [0, 0.1) is 0 Å². The lowest BCUT2D eigenvalue weighted by molar-refractivity contribution is 0.200. The minimum Gasteiger partial charge on any atom is -0.330 e. The summed E-state index contributed by atoms with van der Waals surface area (Å²) in [5.74, 6) is 0. The van der Waals surface area contributed by atoms with Crippen molar-refractivity contribution in [3.8, 4) is 0 Å². The maximum Gasteiger partial charge on any atom is 0.0453 e. The first kappa shape index (κ1) is 12.1. The molecule has 0 aliphatic carbocycles. The number of nitrogens with zero attached hydrogens (tertiary/aromatic N) is 1. The molecule has 3 heteroatoms. The van der Waals surface area contributed by atoms with Crippen molar-refractivity contribution in [2.75, 3.05) is 19.6 Å². The number of rotatable bonds is 4. The van der Waals surface area contributed by atoms with Crippen LogP contribution in [-0.4, -0.2) is 24.5 Å². The van der Waals surface area contributed by atoms with Gasteiger partial charge in [-0.2, -0.15) is 0 Å². The van der Waals surface area contributed by atoms with Gasteiger partial charge in [0.25, 0.3) is 0 Å². The molecule has 2 heterocycles. The second-order valence-electron chi connectivity index (χ2n) is 4.56. The van der Waals surface area contributed by atoms with E-state index in [9.17, 15) is 0 Å². The average Bonchev–Trinajstić information content (AvgIpc) is 2.69. The number of hydrogen-bond acceptors (Lipinski definition) is 3. The standard InChI is InChI=1S/C13H22N2S/c14-8-7-12(13-6-5-11-16-13)15-9-3-1-2-4-10-15/h5-6,11-12H,1-4,7-10,14H2. The highest BCUT2D eigenvalue weighted by molar-refractivity contribution is 7.10. The Balaban J connectivity index is 2.05. The molecule has 0 saturated carbocycles. The molecule has 0 amide bonds. The molecule has 2 N–H and O–H groups in total. The predicted octanol–water partition coefficient (Wildman–Crippen LogP) is 3.01. The average molecular weight is 238 g/mol. The lowest BCUT2D eigenvalue weighted by Gasteiger charge is -2.29. The Labute approximate surface area is 102 Å². The van der Waals surface area contributed by atoms with E-state index in [1.54, 1.807) is 0 Å². The van der Waals surface area contributed by atoms with Gasteiger partial charge in [0.2, 0.25) is 0 Å². The highest BCUT2D eigenvalue weighted by Gasteiger charge is 2.21. The predicted molar refractivity (Wildman–Crippen MR) is 70.8 cm³/mol. The van der Waals surface area contributed by atoms with Crippen LogP contribution in [-0.2, 0) is 0 Å². The van der Waals surface area contributed by atoms with E-state index in [0.717, 1.165) is 13.0 Å². The summed E-state index contributed by atoms with van der Waals surface area (Å²) < 4.78 is 0. The minimum atomic E-state index is 0.572. The first-order valence-corrected chi connectivity index (χ1v) is 7.27. The van der Waals surface area contributed by atoms with Gasteiger partial charge in [0.05, 0.1) is 0 Å². The van der Waals surface area contributed by atoms with E-state index in [0.29, 0.717) is 6.04 Å². The van der Waals surface area contributed by atoms with Gasteiger partial charge >= 0.3 is 0 Å². The number of thiophene rings is 1. The monoisotopic (exact) mass is 238 g/mol. The topological polar surface area (TPSA) is 29.3 Å². The van der Waals surface area contributed by atoms with Crippen LogP contribution in [0.5, 0.6) is 0 Å². The summed E-state index contributed by atoms with van der Waals surface area (Å²) in [6.45, 7) is 3.30. The van der Waals surface area contributed by atoms with E-state index in [4.69, 9.17) is 5.73 Å². The van der Waals surface area contributed by atoms with Gasteiger partial charge in [-0.1, -0.05) is 18.9 Å². The van der Waals surface area contributed by atoms with Crippen LogP contribution in [0.25, 0.3) is 0 Å². The van der Waals surface area contributed by atoms with Crippen LogP contribution in [0.4, 0.5) is 0 Å². The van der Waals surface area contributed by atoms with E-state index in [-0.39, 0.29) is 0 Å². The van der Waals surface area contributed by atoms with Crippen molar-refractivity contribution in [1.82, 2.24) is 4.90 Å². The Morgan fingerprint density at radius 1 is 1.25 bits per heavy atom. The lowest BCUT2D eigenvalue weighted by atomic mass is 10.1. The van der Waals surface area contributed by atoms with Crippen molar-refractivity contribution in [2.45, 2.75) is 38.1 Å². The molecular formula is C13H22N2S. The summed E-state index contributed by atoms with van der Waals surface area (Å²) in [5.41, 5.74) is 5.76. The normalized spacial score (nSPS) is 20.6. The fourth-order valence-electron chi connectivity index (χ4n) is 2.55. The maximum atomic E-state index is 5.76. The van der Waals surface area contributed by atoms with Crippen LogP contribution in [0.3, 0.4) is 0 Å². The van der Waals surface area contributed by atoms with E-state index < -0.39 is 0 Å². The molecule has 1 fully saturated rings. The van der Waals surface area contributed by atoms with Gasteiger partial charge in [-0.25, -0.2) is 0 Å². The molecular weight excluding hydrogens is 216 g/mol. The first-order chi connectivity index (χ1) is 7.92.